The number of amides is 1. The van der Waals surface area contributed by atoms with Gasteiger partial charge in [-0.25, -0.2) is 9.78 Å². The molecule has 2 aliphatic rings. The number of aromatic nitrogens is 4. The molecule has 0 radical (unpaired) electrons. The Morgan fingerprint density at radius 2 is 2.12 bits per heavy atom. The van der Waals surface area contributed by atoms with E-state index in [4.69, 9.17) is 16.3 Å². The van der Waals surface area contributed by atoms with Crippen LogP contribution < -0.4 is 20.9 Å². The number of imidazole rings is 1. The quantitative estimate of drug-likeness (QED) is 0.313. The van der Waals surface area contributed by atoms with Crippen molar-refractivity contribution in [2.45, 2.75) is 31.5 Å². The number of rotatable bonds is 8. The minimum atomic E-state index is -1.07. The fourth-order valence-electron chi connectivity index (χ4n) is 5.03. The van der Waals surface area contributed by atoms with E-state index in [9.17, 15) is 20.4 Å². The van der Waals surface area contributed by atoms with Gasteiger partial charge in [-0.2, -0.15) is 20.0 Å². The summed E-state index contributed by atoms with van der Waals surface area (Å²) in [5.74, 6) is 0.598. The van der Waals surface area contributed by atoms with Crippen LogP contribution >= 0.6 is 11.6 Å². The molecular formula is C25H28ClN11O3. The van der Waals surface area contributed by atoms with Gasteiger partial charge in [0.1, 0.15) is 6.07 Å². The van der Waals surface area contributed by atoms with E-state index >= 15 is 0 Å². The number of carboxylic acid groups (broad SMARTS) is 1. The lowest BCUT2D eigenvalue weighted by molar-refractivity contribution is -0.0740. The van der Waals surface area contributed by atoms with Crippen LogP contribution in [-0.2, 0) is 4.74 Å². The van der Waals surface area contributed by atoms with Crippen LogP contribution in [0.1, 0.15) is 24.6 Å². The first kappa shape index (κ1) is 27.2. The number of nitrogens with zero attached hydrogens (tertiary/aromatic N) is 8. The molecule has 0 bridgehead atoms. The molecule has 0 saturated carbocycles. The lowest BCUT2D eigenvalue weighted by Gasteiger charge is -2.48. The zero-order valence-corrected chi connectivity index (χ0v) is 22.7. The molecule has 2 saturated heterocycles. The number of likely N-dealkylation sites (N-methyl/N-ethyl adjacent to an activating group) is 1. The third-order valence-electron chi connectivity index (χ3n) is 7.20. The maximum Gasteiger partial charge on any atom is 0.404 e. The van der Waals surface area contributed by atoms with Crippen LogP contribution in [0, 0.1) is 22.7 Å². The van der Waals surface area contributed by atoms with Gasteiger partial charge in [0.05, 0.1) is 59.5 Å². The molecular weight excluding hydrogens is 538 g/mol. The van der Waals surface area contributed by atoms with E-state index < -0.39 is 6.09 Å². The Labute approximate surface area is 235 Å². The highest BCUT2D eigenvalue weighted by molar-refractivity contribution is 6.36. The molecule has 0 spiro atoms. The highest BCUT2D eigenvalue weighted by Crippen LogP contribution is 2.38. The van der Waals surface area contributed by atoms with Gasteiger partial charge in [0.15, 0.2) is 17.2 Å². The number of ether oxygens (including phenoxy) is 1. The van der Waals surface area contributed by atoms with Crippen LogP contribution in [-0.4, -0.2) is 93.7 Å². The molecule has 2 fully saturated rings. The second-order valence-electron chi connectivity index (χ2n) is 9.61. The highest BCUT2D eigenvalue weighted by Gasteiger charge is 2.38. The first-order valence-electron chi connectivity index (χ1n) is 12.8. The highest BCUT2D eigenvalue weighted by atomic mass is 35.5. The van der Waals surface area contributed by atoms with Crippen molar-refractivity contribution in [3.05, 3.63) is 34.6 Å². The van der Waals surface area contributed by atoms with Gasteiger partial charge >= 0.3 is 6.09 Å². The van der Waals surface area contributed by atoms with Crippen molar-refractivity contribution in [1.82, 2.24) is 29.8 Å². The molecule has 2 aromatic heterocycles. The molecule has 3 aromatic rings. The zero-order valence-electron chi connectivity index (χ0n) is 21.9. The SMILES string of the molecule is CCNc1nc(Nc2cc(C#N)cc(N3CC[C@@H](NC(=O)O)[C@H](N(C)C4COC4)C3)c2Cl)nn2c(C#N)cnc12. The smallest absolute Gasteiger partial charge is 0.404 e. The molecule has 2 atom stereocenters. The summed E-state index contributed by atoms with van der Waals surface area (Å²) in [6, 6.07) is 7.36. The third-order valence-corrected chi connectivity index (χ3v) is 7.60. The Balaban J connectivity index is 1.48. The fraction of sp³-hybridized carbons (Fsp3) is 0.440. The van der Waals surface area contributed by atoms with Crippen LogP contribution in [0.25, 0.3) is 5.65 Å². The summed E-state index contributed by atoms with van der Waals surface area (Å²) >= 11 is 6.93. The average Bonchev–Trinajstić information content (AvgIpc) is 3.32. The number of benzene rings is 1. The van der Waals surface area contributed by atoms with Gasteiger partial charge in [-0.1, -0.05) is 11.6 Å². The van der Waals surface area contributed by atoms with Crippen LogP contribution in [0.15, 0.2) is 18.3 Å². The van der Waals surface area contributed by atoms with Crippen molar-refractivity contribution < 1.29 is 14.6 Å². The van der Waals surface area contributed by atoms with Crippen LogP contribution in [0.2, 0.25) is 5.02 Å². The number of halogens is 1. The summed E-state index contributed by atoms with van der Waals surface area (Å²) in [5.41, 5.74) is 2.07. The number of carbonyl (C=O) groups is 1. The summed E-state index contributed by atoms with van der Waals surface area (Å²) in [5, 5.41) is 42.4. The molecule has 5 rings (SSSR count). The predicted octanol–water partition coefficient (Wildman–Crippen LogP) is 2.24. The molecule has 1 amide bonds. The number of nitriles is 2. The van der Waals surface area contributed by atoms with Crippen molar-refractivity contribution >= 4 is 46.5 Å². The number of fused-ring (bicyclic) bond motifs is 1. The van der Waals surface area contributed by atoms with Gasteiger partial charge in [0, 0.05) is 25.7 Å². The van der Waals surface area contributed by atoms with E-state index in [1.165, 1.54) is 10.7 Å². The van der Waals surface area contributed by atoms with Gasteiger partial charge in [-0.15, -0.1) is 5.10 Å². The molecule has 4 N–H and O–H groups in total. The Kier molecular flexibility index (Phi) is 7.75. The van der Waals surface area contributed by atoms with Crippen LogP contribution in [0.4, 0.5) is 27.9 Å². The van der Waals surface area contributed by atoms with E-state index in [1.807, 2.05) is 14.0 Å². The number of anilines is 4. The van der Waals surface area contributed by atoms with E-state index in [0.29, 0.717) is 72.7 Å². The molecule has 1 aromatic carbocycles. The molecule has 2 aliphatic heterocycles. The number of nitrogens with one attached hydrogen (secondary N) is 3. The van der Waals surface area contributed by atoms with Gasteiger partial charge in [0.25, 0.3) is 0 Å². The summed E-state index contributed by atoms with van der Waals surface area (Å²) < 4.78 is 6.75. The summed E-state index contributed by atoms with van der Waals surface area (Å²) in [6.45, 7) is 4.68. The van der Waals surface area contributed by atoms with Crippen LogP contribution in [0.5, 0.6) is 0 Å². The first-order valence-corrected chi connectivity index (χ1v) is 13.1. The molecule has 0 aliphatic carbocycles. The summed E-state index contributed by atoms with van der Waals surface area (Å²) in [7, 11) is 1.97. The number of hydrogen-bond acceptors (Lipinski definition) is 11. The first-order chi connectivity index (χ1) is 19.3. The Bertz CT molecular complexity index is 1510. The second-order valence-corrected chi connectivity index (χ2v) is 9.99. The van der Waals surface area contributed by atoms with Crippen molar-refractivity contribution in [3.63, 3.8) is 0 Å². The second kappa shape index (κ2) is 11.4. The van der Waals surface area contributed by atoms with Gasteiger partial charge in [-0.3, -0.25) is 4.90 Å². The minimum Gasteiger partial charge on any atom is -0.465 e. The normalized spacial score (nSPS) is 19.1. The molecule has 14 nitrogen and oxygen atoms in total. The number of hydrogen-bond donors (Lipinski definition) is 4. The van der Waals surface area contributed by atoms with Crippen molar-refractivity contribution in [2.24, 2.45) is 0 Å². The van der Waals surface area contributed by atoms with E-state index in [-0.39, 0.29) is 29.8 Å². The van der Waals surface area contributed by atoms with E-state index in [0.717, 1.165) is 0 Å². The summed E-state index contributed by atoms with van der Waals surface area (Å²) in [4.78, 5) is 24.5. The molecule has 40 heavy (non-hydrogen) atoms. The van der Waals surface area contributed by atoms with Gasteiger partial charge in [0.2, 0.25) is 5.95 Å². The maximum absolute atomic E-state index is 11.5. The van der Waals surface area contributed by atoms with Crippen molar-refractivity contribution in [1.29, 1.82) is 10.5 Å². The minimum absolute atomic E-state index is 0.143. The van der Waals surface area contributed by atoms with Crippen LogP contribution in [0.3, 0.4) is 0 Å². The summed E-state index contributed by atoms with van der Waals surface area (Å²) in [6.07, 6.45) is 0.903. The largest absolute Gasteiger partial charge is 0.465 e. The fourth-order valence-corrected chi connectivity index (χ4v) is 5.31. The molecule has 4 heterocycles. The Hall–Kier alpha value is -4.37. The van der Waals surface area contributed by atoms with Gasteiger partial charge < -0.3 is 30.7 Å². The standard InChI is InChI=1S/C25H28ClN11O3/c1-3-29-22-23-30-10-15(9-28)37(23)34-24(33-22)31-18-6-14(8-27)7-19(21(18)26)36-5-4-17(32-25(38)39)20(11-36)35(2)16-12-40-13-16/h6-7,10,16-17,20,32H,3-5,11-13H2,1-2H3,(H,38,39)(H2,29,31,33,34)/t17-,20-/m1/s1. The van der Waals surface area contributed by atoms with Crippen molar-refractivity contribution in [3.8, 4) is 12.1 Å². The lowest BCUT2D eigenvalue weighted by Crippen LogP contribution is -2.64. The Morgan fingerprint density at radius 1 is 1.32 bits per heavy atom. The lowest BCUT2D eigenvalue weighted by atomic mass is 9.95. The van der Waals surface area contributed by atoms with Crippen molar-refractivity contribution in [2.75, 3.05) is 55.4 Å². The van der Waals surface area contributed by atoms with E-state index in [2.05, 4.69) is 53.0 Å². The Morgan fingerprint density at radius 3 is 2.77 bits per heavy atom. The predicted molar refractivity (Wildman–Crippen MR) is 147 cm³/mol. The zero-order chi connectivity index (χ0) is 28.4. The maximum atomic E-state index is 11.5. The molecule has 0 unspecified atom stereocenters. The molecule has 15 heteroatoms. The van der Waals surface area contributed by atoms with Gasteiger partial charge in [-0.05, 0) is 32.5 Å². The monoisotopic (exact) mass is 565 g/mol. The number of piperidine rings is 1. The third kappa shape index (κ3) is 5.24. The average molecular weight is 566 g/mol. The topological polar surface area (TPSA) is 180 Å². The van der Waals surface area contributed by atoms with E-state index in [1.54, 1.807) is 12.1 Å². The molecule has 208 valence electrons.